The molecule has 126 valence electrons. The molecule has 1 saturated heterocycles. The van der Waals surface area contributed by atoms with Crippen LogP contribution in [0.4, 0.5) is 0 Å². The second-order valence-electron chi connectivity index (χ2n) is 6.28. The van der Waals surface area contributed by atoms with Crippen LogP contribution in [0.25, 0.3) is 0 Å². The second-order valence-corrected chi connectivity index (χ2v) is 8.41. The average Bonchev–Trinajstić information content (AvgIpc) is 2.82. The van der Waals surface area contributed by atoms with Crippen molar-refractivity contribution < 1.29 is 9.59 Å². The molecule has 2 amide bonds. The highest BCUT2D eigenvalue weighted by atomic mass is 35.5. The van der Waals surface area contributed by atoms with Crippen LogP contribution in [0, 0.1) is 0 Å². The molecule has 1 aliphatic carbocycles. The number of halogens is 3. The summed E-state index contributed by atoms with van der Waals surface area (Å²) in [5.41, 5.74) is 0.868. The molecule has 0 aromatic rings. The third-order valence-corrected chi connectivity index (χ3v) is 6.35. The lowest BCUT2D eigenvalue weighted by Gasteiger charge is -2.27. The molecule has 0 N–H and O–H groups in total. The highest BCUT2D eigenvalue weighted by Crippen LogP contribution is 2.62. The summed E-state index contributed by atoms with van der Waals surface area (Å²) in [6.07, 6.45) is 6.58. The first-order chi connectivity index (χ1) is 10.7. The summed E-state index contributed by atoms with van der Waals surface area (Å²) in [5, 5.41) is 0. The highest BCUT2D eigenvalue weighted by molar-refractivity contribution is 6.62. The number of carbonyl (C=O) groups excluding carboxylic acids is 2. The summed E-state index contributed by atoms with van der Waals surface area (Å²) >= 11 is 18.1. The molecule has 0 bridgehead atoms. The molecule has 0 spiro atoms. The molecular weight excluding hydrogens is 361 g/mol. The van der Waals surface area contributed by atoms with Gasteiger partial charge < -0.3 is 14.7 Å². The van der Waals surface area contributed by atoms with Crippen molar-refractivity contribution in [2.45, 2.75) is 28.1 Å². The third kappa shape index (κ3) is 2.73. The number of carbonyl (C=O) groups is 2. The molecule has 23 heavy (non-hydrogen) atoms. The molecule has 5 nitrogen and oxygen atoms in total. The third-order valence-electron chi connectivity index (χ3n) is 4.62. The molecule has 1 saturated carbocycles. The van der Waals surface area contributed by atoms with Crippen LogP contribution in [0.3, 0.4) is 0 Å². The van der Waals surface area contributed by atoms with E-state index in [1.807, 2.05) is 30.3 Å². The molecular formula is C15H18Cl3N3O2. The lowest BCUT2D eigenvalue weighted by Crippen LogP contribution is -2.47. The molecule has 0 aromatic carbocycles. The van der Waals surface area contributed by atoms with E-state index in [2.05, 4.69) is 0 Å². The minimum absolute atomic E-state index is 0.100. The first-order valence-electron chi connectivity index (χ1n) is 7.41. The van der Waals surface area contributed by atoms with Gasteiger partial charge in [-0.05, 0) is 18.6 Å². The maximum Gasteiger partial charge on any atom is 0.249 e. The zero-order chi connectivity index (χ0) is 17.0. The van der Waals surface area contributed by atoms with Gasteiger partial charge in [0.2, 0.25) is 11.8 Å². The smallest absolute Gasteiger partial charge is 0.249 e. The Bertz CT molecular complexity index is 619. The van der Waals surface area contributed by atoms with E-state index in [1.165, 1.54) is 4.90 Å². The predicted molar refractivity (Wildman–Crippen MR) is 90.4 cm³/mol. The summed E-state index contributed by atoms with van der Waals surface area (Å²) in [4.78, 5) is 29.0. The molecule has 2 heterocycles. The number of alkyl halides is 3. The van der Waals surface area contributed by atoms with E-state index in [1.54, 1.807) is 11.9 Å². The lowest BCUT2D eigenvalue weighted by atomic mass is 10.2. The SMILES string of the molecule is CN1C=CC(N2CCC(N(C)C(=O)C3(Cl)CC3(Cl)Cl)C2=O)=CC1. The Morgan fingerprint density at radius 1 is 1.39 bits per heavy atom. The van der Waals surface area contributed by atoms with Crippen LogP contribution in [-0.4, -0.2) is 68.9 Å². The number of hydrogen-bond acceptors (Lipinski definition) is 3. The number of likely N-dealkylation sites (N-methyl/N-ethyl adjacent to an activating group) is 2. The first kappa shape index (κ1) is 16.9. The van der Waals surface area contributed by atoms with Gasteiger partial charge >= 0.3 is 0 Å². The van der Waals surface area contributed by atoms with Crippen LogP contribution >= 0.6 is 34.8 Å². The standard InChI is InChI=1S/C15H18Cl3N3O2/c1-19-6-3-10(4-7-19)21-8-5-11(12(21)22)20(2)13(23)14(16)9-15(14,17)18/h3-4,6,11H,5,7-9H2,1-2H3. The first-order valence-corrected chi connectivity index (χ1v) is 8.55. The van der Waals surface area contributed by atoms with Gasteiger partial charge in [-0.1, -0.05) is 23.2 Å². The van der Waals surface area contributed by atoms with Crippen LogP contribution in [0.2, 0.25) is 0 Å². The molecule has 8 heteroatoms. The zero-order valence-corrected chi connectivity index (χ0v) is 15.2. The Morgan fingerprint density at radius 2 is 2.04 bits per heavy atom. The quantitative estimate of drug-likeness (QED) is 0.705. The molecule has 2 atom stereocenters. The summed E-state index contributed by atoms with van der Waals surface area (Å²) < 4.78 is -1.25. The summed E-state index contributed by atoms with van der Waals surface area (Å²) in [6, 6.07) is -0.531. The van der Waals surface area contributed by atoms with Crippen molar-refractivity contribution >= 4 is 46.6 Å². The number of rotatable bonds is 3. The minimum Gasteiger partial charge on any atom is -0.377 e. The van der Waals surface area contributed by atoms with E-state index in [-0.39, 0.29) is 12.3 Å². The van der Waals surface area contributed by atoms with Crippen LogP contribution in [0.1, 0.15) is 12.8 Å². The Hall–Kier alpha value is -0.910. The number of likely N-dealkylation sites (tertiary alicyclic amines) is 1. The van der Waals surface area contributed by atoms with E-state index in [0.29, 0.717) is 13.0 Å². The zero-order valence-electron chi connectivity index (χ0n) is 12.9. The van der Waals surface area contributed by atoms with E-state index in [0.717, 1.165) is 12.2 Å². The van der Waals surface area contributed by atoms with Gasteiger partial charge in [-0.25, -0.2) is 0 Å². The van der Waals surface area contributed by atoms with Crippen molar-refractivity contribution in [3.8, 4) is 0 Å². The van der Waals surface area contributed by atoms with Gasteiger partial charge in [-0.15, -0.1) is 11.6 Å². The Balaban J connectivity index is 1.70. The molecule has 3 aliphatic rings. The fourth-order valence-electron chi connectivity index (χ4n) is 2.97. The van der Waals surface area contributed by atoms with Gasteiger partial charge in [0.1, 0.15) is 10.4 Å². The van der Waals surface area contributed by atoms with Crippen molar-refractivity contribution in [2.24, 2.45) is 0 Å². The molecule has 2 fully saturated rings. The Kier molecular flexibility index (Phi) is 4.10. The predicted octanol–water partition coefficient (Wildman–Crippen LogP) is 1.94. The van der Waals surface area contributed by atoms with Gasteiger partial charge in [0.25, 0.3) is 0 Å². The number of hydrogen-bond donors (Lipinski definition) is 0. The highest BCUT2D eigenvalue weighted by Gasteiger charge is 2.72. The van der Waals surface area contributed by atoms with Gasteiger partial charge in [0, 0.05) is 45.5 Å². The van der Waals surface area contributed by atoms with Crippen LogP contribution in [0.15, 0.2) is 24.0 Å². The molecule has 3 rings (SSSR count). The second kappa shape index (κ2) is 5.57. The monoisotopic (exact) mass is 377 g/mol. The van der Waals surface area contributed by atoms with Crippen LogP contribution in [0.5, 0.6) is 0 Å². The Labute approximate surface area is 150 Å². The van der Waals surface area contributed by atoms with Crippen molar-refractivity contribution in [2.75, 3.05) is 27.2 Å². The maximum atomic E-state index is 12.7. The van der Waals surface area contributed by atoms with Gasteiger partial charge in [0.15, 0.2) is 4.87 Å². The Morgan fingerprint density at radius 3 is 2.57 bits per heavy atom. The van der Waals surface area contributed by atoms with E-state index in [4.69, 9.17) is 34.8 Å². The lowest BCUT2D eigenvalue weighted by molar-refractivity contribution is -0.140. The van der Waals surface area contributed by atoms with Crippen molar-refractivity contribution in [1.82, 2.24) is 14.7 Å². The van der Waals surface area contributed by atoms with Crippen LogP contribution in [-0.2, 0) is 9.59 Å². The van der Waals surface area contributed by atoms with Gasteiger partial charge in [0.05, 0.1) is 0 Å². The van der Waals surface area contributed by atoms with Crippen molar-refractivity contribution in [3.05, 3.63) is 24.0 Å². The fourth-order valence-corrected chi connectivity index (χ4v) is 4.00. The minimum atomic E-state index is -1.31. The van der Waals surface area contributed by atoms with Gasteiger partial charge in [-0.3, -0.25) is 9.59 Å². The summed E-state index contributed by atoms with van der Waals surface area (Å²) in [5.74, 6) is -0.491. The van der Waals surface area contributed by atoms with E-state index >= 15 is 0 Å². The fraction of sp³-hybridized carbons (Fsp3) is 0.600. The molecule has 2 aliphatic heterocycles. The summed E-state index contributed by atoms with van der Waals surface area (Å²) in [7, 11) is 3.55. The number of allylic oxidation sites excluding steroid dienone is 1. The van der Waals surface area contributed by atoms with E-state index < -0.39 is 21.2 Å². The number of amides is 2. The molecule has 0 radical (unpaired) electrons. The topological polar surface area (TPSA) is 43.9 Å². The average molecular weight is 379 g/mol. The number of nitrogens with zero attached hydrogens (tertiary/aromatic N) is 3. The van der Waals surface area contributed by atoms with E-state index in [9.17, 15) is 9.59 Å². The largest absolute Gasteiger partial charge is 0.377 e. The summed E-state index contributed by atoms with van der Waals surface area (Å²) in [6.45, 7) is 1.32. The molecule has 2 unspecified atom stereocenters. The van der Waals surface area contributed by atoms with Crippen LogP contribution < -0.4 is 0 Å². The van der Waals surface area contributed by atoms with Crippen molar-refractivity contribution in [1.29, 1.82) is 0 Å². The maximum absolute atomic E-state index is 12.7. The van der Waals surface area contributed by atoms with Crippen molar-refractivity contribution in [3.63, 3.8) is 0 Å². The van der Waals surface area contributed by atoms with Gasteiger partial charge in [-0.2, -0.15) is 0 Å². The normalized spacial score (nSPS) is 32.1. The molecule has 0 aromatic heterocycles.